The molecule has 1 aromatic rings. The Labute approximate surface area is 121 Å². The predicted molar refractivity (Wildman–Crippen MR) is 82.7 cm³/mol. The van der Waals surface area contributed by atoms with Crippen LogP contribution in [0.15, 0.2) is 12.1 Å². The van der Waals surface area contributed by atoms with Crippen LogP contribution in [-0.4, -0.2) is 45.0 Å². The van der Waals surface area contributed by atoms with E-state index in [9.17, 15) is 5.11 Å². The second kappa shape index (κ2) is 6.46. The minimum absolute atomic E-state index is 0.251. The van der Waals surface area contributed by atoms with Crippen LogP contribution in [0.1, 0.15) is 17.5 Å². The van der Waals surface area contributed by atoms with E-state index in [1.807, 2.05) is 0 Å². The molecule has 2 atom stereocenters. The number of hydrogen-bond donors (Lipinski definition) is 2. The van der Waals surface area contributed by atoms with Gasteiger partial charge in [-0.25, -0.2) is 0 Å². The number of aliphatic hydroxyl groups excluding tert-OH is 1. The normalized spacial score (nSPS) is 22.1. The molecule has 4 heteroatoms. The molecule has 2 unspecified atom stereocenters. The maximum atomic E-state index is 9.21. The van der Waals surface area contributed by atoms with Gasteiger partial charge in [0.25, 0.3) is 0 Å². The van der Waals surface area contributed by atoms with Crippen molar-refractivity contribution in [3.8, 4) is 5.75 Å². The third-order valence-corrected chi connectivity index (χ3v) is 4.48. The van der Waals surface area contributed by atoms with Gasteiger partial charge in [-0.05, 0) is 49.4 Å². The molecular weight excluding hydrogens is 252 g/mol. The lowest BCUT2D eigenvalue weighted by atomic mass is 9.98. The fourth-order valence-corrected chi connectivity index (χ4v) is 3.02. The van der Waals surface area contributed by atoms with Crippen molar-refractivity contribution in [3.05, 3.63) is 23.3 Å². The lowest BCUT2D eigenvalue weighted by Gasteiger charge is -2.32. The molecule has 1 aromatic carbocycles. The first kappa shape index (κ1) is 15.1. The number of methoxy groups -OCH3 is 1. The SMILES string of the molecule is COc1cc(C)c(C)cc1N(C)C1CNCC1CCO. The molecule has 1 aliphatic rings. The number of rotatable bonds is 5. The molecule has 112 valence electrons. The van der Waals surface area contributed by atoms with E-state index in [-0.39, 0.29) is 6.61 Å². The average Bonchev–Trinajstić information content (AvgIpc) is 2.89. The summed E-state index contributed by atoms with van der Waals surface area (Å²) in [6.45, 7) is 6.41. The second-order valence-corrected chi connectivity index (χ2v) is 5.72. The highest BCUT2D eigenvalue weighted by molar-refractivity contribution is 5.62. The van der Waals surface area contributed by atoms with Crippen LogP contribution in [-0.2, 0) is 0 Å². The van der Waals surface area contributed by atoms with Crippen molar-refractivity contribution in [1.29, 1.82) is 0 Å². The van der Waals surface area contributed by atoms with E-state index in [1.165, 1.54) is 11.1 Å². The van der Waals surface area contributed by atoms with Crippen molar-refractivity contribution in [2.45, 2.75) is 26.3 Å². The summed E-state index contributed by atoms with van der Waals surface area (Å²) in [7, 11) is 3.84. The molecule has 0 saturated carbocycles. The molecule has 0 bridgehead atoms. The smallest absolute Gasteiger partial charge is 0.142 e. The zero-order valence-electron chi connectivity index (χ0n) is 12.9. The molecule has 2 N–H and O–H groups in total. The minimum atomic E-state index is 0.251. The highest BCUT2D eigenvalue weighted by Gasteiger charge is 2.31. The Hall–Kier alpha value is -1.26. The Balaban J connectivity index is 2.28. The van der Waals surface area contributed by atoms with Gasteiger partial charge in [0.1, 0.15) is 5.75 Å². The van der Waals surface area contributed by atoms with Crippen LogP contribution >= 0.6 is 0 Å². The third kappa shape index (κ3) is 2.91. The van der Waals surface area contributed by atoms with E-state index in [0.717, 1.165) is 30.9 Å². The van der Waals surface area contributed by atoms with Gasteiger partial charge in [0.05, 0.1) is 12.8 Å². The van der Waals surface area contributed by atoms with E-state index in [4.69, 9.17) is 4.74 Å². The molecule has 4 nitrogen and oxygen atoms in total. The Morgan fingerprint density at radius 3 is 2.65 bits per heavy atom. The summed E-state index contributed by atoms with van der Waals surface area (Å²) in [6.07, 6.45) is 0.842. The van der Waals surface area contributed by atoms with E-state index in [0.29, 0.717) is 12.0 Å². The molecule has 0 radical (unpaired) electrons. The molecule has 20 heavy (non-hydrogen) atoms. The zero-order chi connectivity index (χ0) is 14.7. The van der Waals surface area contributed by atoms with Crippen LogP contribution in [0.3, 0.4) is 0 Å². The largest absolute Gasteiger partial charge is 0.495 e. The summed E-state index contributed by atoms with van der Waals surface area (Å²) in [6, 6.07) is 4.70. The maximum absolute atomic E-state index is 9.21. The lowest BCUT2D eigenvalue weighted by molar-refractivity contribution is 0.255. The van der Waals surface area contributed by atoms with Crippen molar-refractivity contribution in [3.63, 3.8) is 0 Å². The molecular formula is C16H26N2O2. The van der Waals surface area contributed by atoms with E-state index >= 15 is 0 Å². The number of benzene rings is 1. The molecule has 1 heterocycles. The summed E-state index contributed by atoms with van der Waals surface area (Å²) in [5, 5.41) is 12.6. The van der Waals surface area contributed by atoms with Crippen molar-refractivity contribution in [1.82, 2.24) is 5.32 Å². The topological polar surface area (TPSA) is 44.7 Å². The number of likely N-dealkylation sites (N-methyl/N-ethyl adjacent to an activating group) is 1. The van der Waals surface area contributed by atoms with Crippen LogP contribution in [0.2, 0.25) is 0 Å². The van der Waals surface area contributed by atoms with Crippen molar-refractivity contribution in [2.24, 2.45) is 5.92 Å². The minimum Gasteiger partial charge on any atom is -0.495 e. The molecule has 1 fully saturated rings. The fourth-order valence-electron chi connectivity index (χ4n) is 3.02. The molecule has 2 rings (SSSR count). The lowest BCUT2D eigenvalue weighted by Crippen LogP contribution is -2.38. The van der Waals surface area contributed by atoms with Gasteiger partial charge >= 0.3 is 0 Å². The monoisotopic (exact) mass is 278 g/mol. The Bertz CT molecular complexity index is 462. The fraction of sp³-hybridized carbons (Fsp3) is 0.625. The first-order valence-electron chi connectivity index (χ1n) is 7.28. The molecule has 1 aliphatic heterocycles. The summed E-state index contributed by atoms with van der Waals surface area (Å²) in [5.41, 5.74) is 3.65. The Kier molecular flexibility index (Phi) is 4.89. The van der Waals surface area contributed by atoms with Gasteiger partial charge in [0.2, 0.25) is 0 Å². The molecule has 0 aromatic heterocycles. The van der Waals surface area contributed by atoms with Crippen LogP contribution < -0.4 is 15.0 Å². The summed E-state index contributed by atoms with van der Waals surface area (Å²) >= 11 is 0. The van der Waals surface area contributed by atoms with Crippen LogP contribution in [0, 0.1) is 19.8 Å². The standard InChI is InChI=1S/C16H26N2O2/c1-11-7-14(16(20-4)8-12(11)2)18(3)15-10-17-9-13(15)5-6-19/h7-8,13,15,17,19H,5-6,9-10H2,1-4H3. The van der Waals surface area contributed by atoms with Crippen molar-refractivity contribution >= 4 is 5.69 Å². The Morgan fingerprint density at radius 2 is 2.00 bits per heavy atom. The molecule has 0 aliphatic carbocycles. The van der Waals surface area contributed by atoms with Crippen molar-refractivity contribution < 1.29 is 9.84 Å². The molecule has 0 amide bonds. The van der Waals surface area contributed by atoms with Gasteiger partial charge in [-0.1, -0.05) is 0 Å². The van der Waals surface area contributed by atoms with Crippen LogP contribution in [0.4, 0.5) is 5.69 Å². The zero-order valence-corrected chi connectivity index (χ0v) is 12.9. The molecule has 1 saturated heterocycles. The Morgan fingerprint density at radius 1 is 1.30 bits per heavy atom. The first-order chi connectivity index (χ1) is 9.58. The van der Waals surface area contributed by atoms with Crippen LogP contribution in [0.5, 0.6) is 5.75 Å². The van der Waals surface area contributed by atoms with E-state index in [2.05, 4.69) is 43.2 Å². The highest BCUT2D eigenvalue weighted by Crippen LogP contribution is 2.34. The quantitative estimate of drug-likeness (QED) is 0.861. The summed E-state index contributed by atoms with van der Waals surface area (Å²) in [4.78, 5) is 2.30. The van der Waals surface area contributed by atoms with E-state index in [1.54, 1.807) is 7.11 Å². The average molecular weight is 278 g/mol. The van der Waals surface area contributed by atoms with Gasteiger partial charge in [-0.3, -0.25) is 0 Å². The number of anilines is 1. The predicted octanol–water partition coefficient (Wildman–Crippen LogP) is 1.72. The number of nitrogens with one attached hydrogen (secondary N) is 1. The number of ether oxygens (including phenoxy) is 1. The maximum Gasteiger partial charge on any atom is 0.142 e. The first-order valence-corrected chi connectivity index (χ1v) is 7.28. The second-order valence-electron chi connectivity index (χ2n) is 5.72. The van der Waals surface area contributed by atoms with Gasteiger partial charge in [0, 0.05) is 32.8 Å². The highest BCUT2D eigenvalue weighted by atomic mass is 16.5. The van der Waals surface area contributed by atoms with Crippen molar-refractivity contribution in [2.75, 3.05) is 38.8 Å². The number of hydrogen-bond acceptors (Lipinski definition) is 4. The van der Waals surface area contributed by atoms with Gasteiger partial charge in [0.15, 0.2) is 0 Å². The summed E-state index contributed by atoms with van der Waals surface area (Å²) < 4.78 is 5.55. The number of aryl methyl sites for hydroxylation is 2. The third-order valence-electron chi connectivity index (χ3n) is 4.48. The molecule has 0 spiro atoms. The summed E-state index contributed by atoms with van der Waals surface area (Å²) in [5.74, 6) is 1.40. The number of nitrogens with zero attached hydrogens (tertiary/aromatic N) is 1. The van der Waals surface area contributed by atoms with Gasteiger partial charge in [-0.15, -0.1) is 0 Å². The van der Waals surface area contributed by atoms with Gasteiger partial charge in [-0.2, -0.15) is 0 Å². The van der Waals surface area contributed by atoms with Crippen LogP contribution in [0.25, 0.3) is 0 Å². The van der Waals surface area contributed by atoms with Gasteiger partial charge < -0.3 is 20.1 Å². The van der Waals surface area contributed by atoms with E-state index < -0.39 is 0 Å². The number of aliphatic hydroxyl groups is 1.